The van der Waals surface area contributed by atoms with Gasteiger partial charge in [-0.15, -0.1) is 0 Å². The zero-order valence-corrected chi connectivity index (χ0v) is 14.0. The van der Waals surface area contributed by atoms with Gasteiger partial charge in [0, 0.05) is 0 Å². The molecule has 0 radical (unpaired) electrons. The first kappa shape index (κ1) is 18.3. The molecule has 0 N–H and O–H groups in total. The van der Waals surface area contributed by atoms with Crippen molar-refractivity contribution < 1.29 is 23.7 Å². The Hall–Kier alpha value is -1.05. The van der Waals surface area contributed by atoms with Crippen LogP contribution >= 0.6 is 0 Å². The lowest BCUT2D eigenvalue weighted by Gasteiger charge is -2.16. The Morgan fingerprint density at radius 3 is 1.83 bits per heavy atom. The van der Waals surface area contributed by atoms with Gasteiger partial charge in [-0.25, -0.2) is 0 Å². The molecule has 2 heterocycles. The van der Waals surface area contributed by atoms with E-state index in [9.17, 15) is 0 Å². The van der Waals surface area contributed by atoms with E-state index in [1.54, 1.807) is 0 Å². The largest absolute Gasteiger partial charge is 0.377 e. The van der Waals surface area contributed by atoms with E-state index in [1.807, 2.05) is 32.0 Å². The molecule has 0 aromatic carbocycles. The second kappa shape index (κ2) is 10.7. The Morgan fingerprint density at radius 2 is 1.30 bits per heavy atom. The zero-order valence-electron chi connectivity index (χ0n) is 14.0. The van der Waals surface area contributed by atoms with Crippen molar-refractivity contribution in [3.8, 4) is 0 Å². The Bertz CT molecular complexity index is 407. The van der Waals surface area contributed by atoms with Gasteiger partial charge in [-0.3, -0.25) is 4.98 Å². The Labute approximate surface area is 138 Å². The average molecular weight is 325 g/mol. The standard InChI is InChI=1S/C17H27NO5/c1-14-10-20-12-16-4-3-5-17(18-16)13-21-11-15(2)23-9-7-19-6-8-22-14/h3-5,14-15H,6-13H2,1-2H3/t14-,15-/m0/s1. The van der Waals surface area contributed by atoms with Gasteiger partial charge < -0.3 is 23.7 Å². The highest BCUT2D eigenvalue weighted by molar-refractivity contribution is 5.09. The summed E-state index contributed by atoms with van der Waals surface area (Å²) in [6, 6.07) is 5.87. The molecular formula is C17H27NO5. The summed E-state index contributed by atoms with van der Waals surface area (Å²) >= 11 is 0. The van der Waals surface area contributed by atoms with Crippen molar-refractivity contribution in [2.45, 2.75) is 39.3 Å². The minimum absolute atomic E-state index is 0.0280. The maximum absolute atomic E-state index is 5.66. The van der Waals surface area contributed by atoms with Gasteiger partial charge in [-0.05, 0) is 26.0 Å². The van der Waals surface area contributed by atoms with Crippen LogP contribution in [0, 0.1) is 0 Å². The number of nitrogens with zero attached hydrogens (tertiary/aromatic N) is 1. The lowest BCUT2D eigenvalue weighted by atomic mass is 10.3. The number of fused-ring (bicyclic) bond motifs is 2. The maximum Gasteiger partial charge on any atom is 0.0889 e. The van der Waals surface area contributed by atoms with E-state index in [4.69, 9.17) is 23.7 Å². The van der Waals surface area contributed by atoms with Crippen LogP contribution < -0.4 is 0 Å². The molecule has 23 heavy (non-hydrogen) atoms. The molecule has 1 aromatic heterocycles. The molecule has 2 atom stereocenters. The van der Waals surface area contributed by atoms with Gasteiger partial charge in [-0.1, -0.05) is 6.07 Å². The fraction of sp³-hybridized carbons (Fsp3) is 0.706. The van der Waals surface area contributed by atoms with Crippen LogP contribution in [-0.2, 0) is 36.9 Å². The Kier molecular flexibility index (Phi) is 8.49. The summed E-state index contributed by atoms with van der Waals surface area (Å²) in [4.78, 5) is 4.53. The third-order valence-electron chi connectivity index (χ3n) is 3.33. The smallest absolute Gasteiger partial charge is 0.0889 e. The van der Waals surface area contributed by atoms with E-state index in [1.165, 1.54) is 0 Å². The topological polar surface area (TPSA) is 59.0 Å². The summed E-state index contributed by atoms with van der Waals surface area (Å²) in [6.45, 7) is 8.20. The average Bonchev–Trinajstić information content (AvgIpc) is 2.54. The summed E-state index contributed by atoms with van der Waals surface area (Å²) < 4.78 is 28.0. The number of hydrogen-bond donors (Lipinski definition) is 0. The third kappa shape index (κ3) is 7.85. The highest BCUT2D eigenvalue weighted by Gasteiger charge is 2.06. The van der Waals surface area contributed by atoms with Gasteiger partial charge in [0.1, 0.15) is 0 Å². The van der Waals surface area contributed by atoms with Gasteiger partial charge in [0.15, 0.2) is 0 Å². The van der Waals surface area contributed by atoms with Crippen LogP contribution in [0.5, 0.6) is 0 Å². The zero-order chi connectivity index (χ0) is 16.3. The maximum atomic E-state index is 5.66. The molecule has 1 aromatic rings. The summed E-state index contributed by atoms with van der Waals surface area (Å²) in [5, 5.41) is 0. The monoisotopic (exact) mass is 325 g/mol. The lowest BCUT2D eigenvalue weighted by Crippen LogP contribution is -2.21. The lowest BCUT2D eigenvalue weighted by molar-refractivity contribution is -0.0556. The number of rotatable bonds is 0. The molecule has 0 amide bonds. The number of ether oxygens (including phenoxy) is 5. The van der Waals surface area contributed by atoms with Crippen LogP contribution in [0.1, 0.15) is 25.2 Å². The number of pyridine rings is 1. The molecule has 6 nitrogen and oxygen atoms in total. The second-order valence-electron chi connectivity index (χ2n) is 5.63. The molecule has 0 fully saturated rings. The summed E-state index contributed by atoms with van der Waals surface area (Å²) in [5.41, 5.74) is 1.79. The van der Waals surface area contributed by atoms with Crippen molar-refractivity contribution in [3.63, 3.8) is 0 Å². The van der Waals surface area contributed by atoms with Crippen LogP contribution in [0.4, 0.5) is 0 Å². The SMILES string of the molecule is C[C@H]1COCc2cccc(n2)COC[C@H](C)OCCOCCO1. The normalized spacial score (nSPS) is 26.2. The van der Waals surface area contributed by atoms with E-state index < -0.39 is 0 Å². The Balaban J connectivity index is 1.87. The quantitative estimate of drug-likeness (QED) is 0.727. The van der Waals surface area contributed by atoms with Crippen molar-refractivity contribution in [1.82, 2.24) is 4.98 Å². The van der Waals surface area contributed by atoms with E-state index >= 15 is 0 Å². The minimum Gasteiger partial charge on any atom is -0.377 e. The minimum atomic E-state index is 0.0280. The molecule has 1 aliphatic rings. The molecule has 6 heteroatoms. The van der Waals surface area contributed by atoms with Crippen LogP contribution in [-0.4, -0.2) is 56.8 Å². The first-order valence-electron chi connectivity index (χ1n) is 8.15. The fourth-order valence-electron chi connectivity index (χ4n) is 2.16. The van der Waals surface area contributed by atoms with E-state index in [0.29, 0.717) is 52.9 Å². The van der Waals surface area contributed by atoms with Crippen molar-refractivity contribution in [2.24, 2.45) is 0 Å². The Morgan fingerprint density at radius 1 is 0.783 bits per heavy atom. The molecule has 0 spiro atoms. The summed E-state index contributed by atoms with van der Waals surface area (Å²) in [5.74, 6) is 0. The van der Waals surface area contributed by atoms with Crippen molar-refractivity contribution in [3.05, 3.63) is 29.6 Å². The predicted molar refractivity (Wildman–Crippen MR) is 85.2 cm³/mol. The molecule has 0 saturated carbocycles. The van der Waals surface area contributed by atoms with Crippen LogP contribution in [0.15, 0.2) is 18.2 Å². The predicted octanol–water partition coefficient (Wildman–Crippen LogP) is 1.96. The van der Waals surface area contributed by atoms with Gasteiger partial charge in [0.25, 0.3) is 0 Å². The van der Waals surface area contributed by atoms with Crippen molar-refractivity contribution in [2.75, 3.05) is 39.6 Å². The number of hydrogen-bond acceptors (Lipinski definition) is 6. The molecule has 0 unspecified atom stereocenters. The van der Waals surface area contributed by atoms with E-state index in [-0.39, 0.29) is 12.2 Å². The van der Waals surface area contributed by atoms with Crippen LogP contribution in [0.25, 0.3) is 0 Å². The first-order chi connectivity index (χ1) is 11.2. The highest BCUT2D eigenvalue weighted by Crippen LogP contribution is 2.05. The molecular weight excluding hydrogens is 298 g/mol. The molecule has 2 bridgehead atoms. The molecule has 0 saturated heterocycles. The van der Waals surface area contributed by atoms with Gasteiger partial charge in [-0.2, -0.15) is 0 Å². The third-order valence-corrected chi connectivity index (χ3v) is 3.33. The second-order valence-corrected chi connectivity index (χ2v) is 5.63. The fourth-order valence-corrected chi connectivity index (χ4v) is 2.16. The van der Waals surface area contributed by atoms with Gasteiger partial charge in [0.05, 0.1) is 76.5 Å². The van der Waals surface area contributed by atoms with Crippen LogP contribution in [0.2, 0.25) is 0 Å². The van der Waals surface area contributed by atoms with Gasteiger partial charge in [0.2, 0.25) is 0 Å². The first-order valence-corrected chi connectivity index (χ1v) is 8.15. The van der Waals surface area contributed by atoms with E-state index in [0.717, 1.165) is 11.4 Å². The number of aromatic nitrogens is 1. The molecule has 1 aliphatic heterocycles. The summed E-state index contributed by atoms with van der Waals surface area (Å²) in [7, 11) is 0. The van der Waals surface area contributed by atoms with E-state index in [2.05, 4.69) is 4.98 Å². The molecule has 130 valence electrons. The highest BCUT2D eigenvalue weighted by atomic mass is 16.6. The van der Waals surface area contributed by atoms with Crippen LogP contribution in [0.3, 0.4) is 0 Å². The van der Waals surface area contributed by atoms with Crippen molar-refractivity contribution in [1.29, 1.82) is 0 Å². The summed E-state index contributed by atoms with van der Waals surface area (Å²) in [6.07, 6.45) is 0.0561. The molecule has 2 rings (SSSR count). The molecule has 0 aliphatic carbocycles. The van der Waals surface area contributed by atoms with Crippen molar-refractivity contribution >= 4 is 0 Å². The van der Waals surface area contributed by atoms with Gasteiger partial charge >= 0.3 is 0 Å².